The summed E-state index contributed by atoms with van der Waals surface area (Å²) in [6.07, 6.45) is 1.80. The molecular weight excluding hydrogens is 254 g/mol. The number of aromatic nitrogens is 1. The molecule has 0 aliphatic rings. The molecule has 4 nitrogen and oxygen atoms in total. The van der Waals surface area contributed by atoms with Crippen molar-refractivity contribution in [3.63, 3.8) is 0 Å². The van der Waals surface area contributed by atoms with Crippen LogP contribution in [0.25, 0.3) is 10.9 Å². The molecule has 4 heteroatoms. The van der Waals surface area contributed by atoms with Crippen LogP contribution >= 0.6 is 0 Å². The molecule has 2 N–H and O–H groups in total. The van der Waals surface area contributed by atoms with Gasteiger partial charge >= 0.3 is 5.97 Å². The van der Waals surface area contributed by atoms with Gasteiger partial charge in [0, 0.05) is 11.6 Å². The number of hydrogen-bond acceptors (Lipinski definition) is 3. The van der Waals surface area contributed by atoms with Crippen LogP contribution in [0.5, 0.6) is 0 Å². The lowest BCUT2D eigenvalue weighted by atomic mass is 10.0. The van der Waals surface area contributed by atoms with Crippen molar-refractivity contribution >= 4 is 16.9 Å². The zero-order valence-electron chi connectivity index (χ0n) is 12.3. The number of fused-ring (bicyclic) bond motifs is 1. The van der Waals surface area contributed by atoms with Crippen LogP contribution in [0.4, 0.5) is 0 Å². The third-order valence-electron chi connectivity index (χ3n) is 2.40. The predicted molar refractivity (Wildman–Crippen MR) is 79.8 cm³/mol. The third kappa shape index (κ3) is 5.80. The van der Waals surface area contributed by atoms with E-state index in [1.54, 1.807) is 27.0 Å². The standard InChI is InChI=1S/C12H11NO2.C4H10O/c1-8-5-11-9(3-2-4-13-11)6-10(8)7-12(14)15;1-4(2,3)5/h2-6H,7H2,1H3,(H,14,15);5H,1-3H3. The van der Waals surface area contributed by atoms with E-state index in [0.717, 1.165) is 22.0 Å². The monoisotopic (exact) mass is 275 g/mol. The lowest BCUT2D eigenvalue weighted by Crippen LogP contribution is -2.10. The molecule has 1 aromatic heterocycles. The molecule has 0 unspecified atom stereocenters. The second kappa shape index (κ2) is 6.48. The number of aliphatic carboxylic acids is 1. The van der Waals surface area contributed by atoms with Crippen molar-refractivity contribution < 1.29 is 15.0 Å². The van der Waals surface area contributed by atoms with Gasteiger partial charge in [-0.3, -0.25) is 9.78 Å². The Morgan fingerprint density at radius 2 is 1.90 bits per heavy atom. The Bertz CT molecular complexity index is 594. The highest BCUT2D eigenvalue weighted by Gasteiger charge is 2.05. The summed E-state index contributed by atoms with van der Waals surface area (Å²) in [6.45, 7) is 7.14. The Balaban J connectivity index is 0.000000347. The van der Waals surface area contributed by atoms with Crippen molar-refractivity contribution in [3.05, 3.63) is 41.6 Å². The molecule has 0 amide bonds. The molecule has 0 aliphatic carbocycles. The van der Waals surface area contributed by atoms with Crippen LogP contribution in [0.2, 0.25) is 0 Å². The van der Waals surface area contributed by atoms with Crippen LogP contribution < -0.4 is 0 Å². The minimum absolute atomic E-state index is 0.0661. The van der Waals surface area contributed by atoms with Crippen LogP contribution in [-0.4, -0.2) is 26.8 Å². The highest BCUT2D eigenvalue weighted by Crippen LogP contribution is 2.18. The van der Waals surface area contributed by atoms with E-state index in [9.17, 15) is 4.79 Å². The topological polar surface area (TPSA) is 70.4 Å². The first-order valence-electron chi connectivity index (χ1n) is 6.45. The third-order valence-corrected chi connectivity index (χ3v) is 2.40. The van der Waals surface area contributed by atoms with Gasteiger partial charge in [-0.15, -0.1) is 0 Å². The fourth-order valence-electron chi connectivity index (χ4n) is 1.63. The lowest BCUT2D eigenvalue weighted by molar-refractivity contribution is -0.136. The van der Waals surface area contributed by atoms with Crippen molar-refractivity contribution in [2.45, 2.75) is 39.7 Å². The number of nitrogens with zero attached hydrogens (tertiary/aromatic N) is 1. The summed E-state index contributed by atoms with van der Waals surface area (Å²) in [5.41, 5.74) is 2.23. The zero-order chi connectivity index (χ0) is 15.3. The zero-order valence-corrected chi connectivity index (χ0v) is 12.3. The van der Waals surface area contributed by atoms with E-state index in [1.807, 2.05) is 31.2 Å². The molecule has 0 fully saturated rings. The van der Waals surface area contributed by atoms with Crippen molar-refractivity contribution in [2.24, 2.45) is 0 Å². The number of carboxylic acid groups (broad SMARTS) is 1. The van der Waals surface area contributed by atoms with Crippen LogP contribution in [0, 0.1) is 6.92 Å². The van der Waals surface area contributed by atoms with Crippen molar-refractivity contribution in [1.82, 2.24) is 4.98 Å². The lowest BCUT2D eigenvalue weighted by Gasteiger charge is -2.05. The first kappa shape index (κ1) is 16.1. The summed E-state index contributed by atoms with van der Waals surface area (Å²) in [7, 11) is 0. The molecule has 0 atom stereocenters. The molecule has 20 heavy (non-hydrogen) atoms. The highest BCUT2D eigenvalue weighted by molar-refractivity contribution is 5.82. The van der Waals surface area contributed by atoms with Gasteiger partial charge in [0.1, 0.15) is 0 Å². The van der Waals surface area contributed by atoms with Crippen LogP contribution in [0.1, 0.15) is 31.9 Å². The van der Waals surface area contributed by atoms with Crippen molar-refractivity contribution in [2.75, 3.05) is 0 Å². The van der Waals surface area contributed by atoms with Gasteiger partial charge in [-0.1, -0.05) is 6.07 Å². The Labute approximate surface area is 119 Å². The van der Waals surface area contributed by atoms with E-state index in [1.165, 1.54) is 0 Å². The van der Waals surface area contributed by atoms with E-state index >= 15 is 0 Å². The predicted octanol–water partition coefficient (Wildman–Crippen LogP) is 2.95. The number of hydrogen-bond donors (Lipinski definition) is 2. The smallest absolute Gasteiger partial charge is 0.307 e. The molecule has 0 saturated heterocycles. The van der Waals surface area contributed by atoms with Gasteiger partial charge in [-0.05, 0) is 57.0 Å². The minimum atomic E-state index is -0.804. The summed E-state index contributed by atoms with van der Waals surface area (Å²) < 4.78 is 0. The van der Waals surface area contributed by atoms with Crippen LogP contribution in [0.3, 0.4) is 0 Å². The summed E-state index contributed by atoms with van der Waals surface area (Å²) in [5, 5.41) is 18.3. The summed E-state index contributed by atoms with van der Waals surface area (Å²) >= 11 is 0. The maximum absolute atomic E-state index is 10.6. The van der Waals surface area contributed by atoms with E-state index in [0.29, 0.717) is 0 Å². The number of aliphatic hydroxyl groups is 1. The molecule has 0 spiro atoms. The highest BCUT2D eigenvalue weighted by atomic mass is 16.4. The van der Waals surface area contributed by atoms with Crippen LogP contribution in [0.15, 0.2) is 30.5 Å². The molecule has 1 aromatic carbocycles. The Hall–Kier alpha value is -1.94. The molecule has 2 aromatic rings. The van der Waals surface area contributed by atoms with E-state index in [2.05, 4.69) is 4.98 Å². The van der Waals surface area contributed by atoms with E-state index < -0.39 is 11.6 Å². The second-order valence-electron chi connectivity index (χ2n) is 5.72. The summed E-state index contributed by atoms with van der Waals surface area (Å²) in [4.78, 5) is 14.9. The molecule has 0 saturated carbocycles. The number of carboxylic acids is 1. The van der Waals surface area contributed by atoms with Crippen molar-refractivity contribution in [1.29, 1.82) is 0 Å². The molecule has 0 radical (unpaired) electrons. The van der Waals surface area contributed by atoms with Gasteiger partial charge in [0.25, 0.3) is 0 Å². The quantitative estimate of drug-likeness (QED) is 0.884. The molecule has 0 bridgehead atoms. The Morgan fingerprint density at radius 1 is 1.30 bits per heavy atom. The maximum Gasteiger partial charge on any atom is 0.307 e. The maximum atomic E-state index is 10.6. The molecule has 0 aliphatic heterocycles. The van der Waals surface area contributed by atoms with Gasteiger partial charge in [0.15, 0.2) is 0 Å². The van der Waals surface area contributed by atoms with Gasteiger partial charge in [-0.25, -0.2) is 0 Å². The van der Waals surface area contributed by atoms with Crippen molar-refractivity contribution in [3.8, 4) is 0 Å². The second-order valence-corrected chi connectivity index (χ2v) is 5.72. The average Bonchev–Trinajstić information content (AvgIpc) is 2.27. The number of carbonyl (C=O) groups is 1. The van der Waals surface area contributed by atoms with E-state index in [-0.39, 0.29) is 6.42 Å². The number of pyridine rings is 1. The van der Waals surface area contributed by atoms with E-state index in [4.69, 9.17) is 10.2 Å². The minimum Gasteiger partial charge on any atom is -0.481 e. The number of benzene rings is 1. The SMILES string of the molecule is CC(C)(C)O.Cc1cc2ncccc2cc1CC(=O)O. The molecular formula is C16H21NO3. The Kier molecular flexibility index (Phi) is 5.22. The summed E-state index contributed by atoms with van der Waals surface area (Å²) in [6, 6.07) is 7.61. The van der Waals surface area contributed by atoms with Gasteiger partial charge in [0.2, 0.25) is 0 Å². The summed E-state index contributed by atoms with van der Waals surface area (Å²) in [5.74, 6) is -0.804. The van der Waals surface area contributed by atoms with Gasteiger partial charge < -0.3 is 10.2 Å². The molecule has 2 rings (SSSR count). The largest absolute Gasteiger partial charge is 0.481 e. The first-order chi connectivity index (χ1) is 9.16. The number of rotatable bonds is 2. The van der Waals surface area contributed by atoms with Gasteiger partial charge in [0.05, 0.1) is 17.5 Å². The van der Waals surface area contributed by atoms with Crippen LogP contribution in [-0.2, 0) is 11.2 Å². The number of aryl methyl sites for hydroxylation is 1. The first-order valence-corrected chi connectivity index (χ1v) is 6.45. The molecule has 108 valence electrons. The molecule has 1 heterocycles. The van der Waals surface area contributed by atoms with Gasteiger partial charge in [-0.2, -0.15) is 0 Å². The average molecular weight is 275 g/mol. The normalized spacial score (nSPS) is 10.8. The fourth-order valence-corrected chi connectivity index (χ4v) is 1.63. The fraction of sp³-hybridized carbons (Fsp3) is 0.375. The Morgan fingerprint density at radius 3 is 2.45 bits per heavy atom.